The highest BCUT2D eigenvalue weighted by Crippen LogP contribution is 2.13. The number of rotatable bonds is 5. The van der Waals surface area contributed by atoms with E-state index >= 15 is 0 Å². The van der Waals surface area contributed by atoms with Gasteiger partial charge in [0.15, 0.2) is 0 Å². The maximum atomic E-state index is 11.6. The molecule has 7 heteroatoms. The van der Waals surface area contributed by atoms with Gasteiger partial charge in [-0.05, 0) is 19.3 Å². The van der Waals surface area contributed by atoms with Crippen molar-refractivity contribution in [2.45, 2.75) is 19.3 Å². The second-order valence-electron chi connectivity index (χ2n) is 3.93. The summed E-state index contributed by atoms with van der Waals surface area (Å²) in [6.45, 7) is 1.52. The molecule has 1 atom stereocenters. The third-order valence-electron chi connectivity index (χ3n) is 2.44. The third kappa shape index (κ3) is 5.43. The third-order valence-corrected chi connectivity index (χ3v) is 3.29. The molecule has 16 heavy (non-hydrogen) atoms. The van der Waals surface area contributed by atoms with Gasteiger partial charge in [-0.1, -0.05) is 0 Å². The largest absolute Gasteiger partial charge is 0.381 e. The van der Waals surface area contributed by atoms with Gasteiger partial charge in [-0.3, -0.25) is 4.79 Å². The number of primary sulfonamides is 1. The van der Waals surface area contributed by atoms with Crippen molar-refractivity contribution in [1.29, 1.82) is 0 Å². The molecule has 3 N–H and O–H groups in total. The summed E-state index contributed by atoms with van der Waals surface area (Å²) in [5.74, 6) is -0.258. The van der Waals surface area contributed by atoms with Crippen LogP contribution < -0.4 is 10.5 Å². The second kappa shape index (κ2) is 6.17. The number of amides is 1. The van der Waals surface area contributed by atoms with E-state index in [0.717, 1.165) is 19.4 Å². The normalized spacial score (nSPS) is 21.7. The Hall–Kier alpha value is -0.660. The van der Waals surface area contributed by atoms with E-state index in [1.165, 1.54) is 0 Å². The molecular weight excluding hydrogens is 232 g/mol. The van der Waals surface area contributed by atoms with Crippen LogP contribution >= 0.6 is 0 Å². The van der Waals surface area contributed by atoms with Gasteiger partial charge in [0.05, 0.1) is 18.3 Å². The maximum absolute atomic E-state index is 11.6. The molecule has 0 radical (unpaired) electrons. The van der Waals surface area contributed by atoms with Gasteiger partial charge in [-0.15, -0.1) is 0 Å². The molecule has 1 rings (SSSR count). The zero-order chi connectivity index (χ0) is 12.0. The molecule has 1 unspecified atom stereocenters. The number of ether oxygens (including phenoxy) is 1. The fourth-order valence-electron chi connectivity index (χ4n) is 1.58. The topological polar surface area (TPSA) is 98.5 Å². The van der Waals surface area contributed by atoms with Crippen molar-refractivity contribution in [3.8, 4) is 0 Å². The van der Waals surface area contributed by atoms with Crippen LogP contribution in [0.2, 0.25) is 0 Å². The monoisotopic (exact) mass is 250 g/mol. The Morgan fingerprint density at radius 1 is 1.50 bits per heavy atom. The van der Waals surface area contributed by atoms with Crippen molar-refractivity contribution < 1.29 is 17.9 Å². The van der Waals surface area contributed by atoms with Gasteiger partial charge in [-0.2, -0.15) is 0 Å². The first-order valence-corrected chi connectivity index (χ1v) is 7.06. The highest BCUT2D eigenvalue weighted by Gasteiger charge is 2.21. The zero-order valence-corrected chi connectivity index (χ0v) is 9.96. The smallest absolute Gasteiger partial charge is 0.225 e. The number of sulfonamides is 1. The SMILES string of the molecule is NS(=O)(=O)CCCNC(=O)C1CCCOC1. The van der Waals surface area contributed by atoms with Crippen molar-refractivity contribution in [3.63, 3.8) is 0 Å². The van der Waals surface area contributed by atoms with Crippen molar-refractivity contribution in [2.75, 3.05) is 25.5 Å². The molecule has 1 amide bonds. The summed E-state index contributed by atoms with van der Waals surface area (Å²) in [5, 5.41) is 7.52. The minimum atomic E-state index is -3.42. The fraction of sp³-hybridized carbons (Fsp3) is 0.889. The van der Waals surface area contributed by atoms with Gasteiger partial charge in [0, 0.05) is 13.2 Å². The number of carbonyl (C=O) groups is 1. The molecule has 1 heterocycles. The molecule has 0 bridgehead atoms. The Balaban J connectivity index is 2.14. The van der Waals surface area contributed by atoms with Crippen LogP contribution in [-0.2, 0) is 19.6 Å². The summed E-state index contributed by atoms with van der Waals surface area (Å²) >= 11 is 0. The van der Waals surface area contributed by atoms with Crippen LogP contribution in [0.3, 0.4) is 0 Å². The van der Waals surface area contributed by atoms with Crippen LogP contribution in [0, 0.1) is 5.92 Å². The first-order chi connectivity index (χ1) is 7.49. The average Bonchev–Trinajstić information content (AvgIpc) is 2.24. The quantitative estimate of drug-likeness (QED) is 0.624. The van der Waals surface area contributed by atoms with E-state index in [1.807, 2.05) is 0 Å². The van der Waals surface area contributed by atoms with Gasteiger partial charge in [0.25, 0.3) is 0 Å². The number of nitrogens with two attached hydrogens (primary N) is 1. The molecule has 0 saturated carbocycles. The highest BCUT2D eigenvalue weighted by molar-refractivity contribution is 7.89. The standard InChI is InChI=1S/C9H18N2O4S/c10-16(13,14)6-2-4-11-9(12)8-3-1-5-15-7-8/h8H,1-7H2,(H,11,12)(H2,10,13,14). The van der Waals surface area contributed by atoms with Gasteiger partial charge < -0.3 is 10.1 Å². The van der Waals surface area contributed by atoms with Crippen LogP contribution in [0.1, 0.15) is 19.3 Å². The Labute approximate surface area is 95.6 Å². The van der Waals surface area contributed by atoms with Crippen LogP contribution in [0.25, 0.3) is 0 Å². The van der Waals surface area contributed by atoms with E-state index in [9.17, 15) is 13.2 Å². The van der Waals surface area contributed by atoms with Gasteiger partial charge in [-0.25, -0.2) is 13.6 Å². The summed E-state index contributed by atoms with van der Waals surface area (Å²) in [7, 11) is -3.42. The number of carbonyl (C=O) groups excluding carboxylic acids is 1. The maximum Gasteiger partial charge on any atom is 0.225 e. The lowest BCUT2D eigenvalue weighted by molar-refractivity contribution is -0.128. The number of nitrogens with one attached hydrogen (secondary N) is 1. The number of hydrogen-bond donors (Lipinski definition) is 2. The van der Waals surface area contributed by atoms with Gasteiger partial charge in [0.1, 0.15) is 0 Å². The van der Waals surface area contributed by atoms with E-state index in [-0.39, 0.29) is 17.6 Å². The lowest BCUT2D eigenvalue weighted by atomic mass is 10.0. The van der Waals surface area contributed by atoms with E-state index < -0.39 is 10.0 Å². The summed E-state index contributed by atoms with van der Waals surface area (Å²) < 4.78 is 26.4. The molecule has 1 saturated heterocycles. The van der Waals surface area contributed by atoms with Gasteiger partial charge >= 0.3 is 0 Å². The number of hydrogen-bond acceptors (Lipinski definition) is 4. The molecule has 1 aliphatic heterocycles. The van der Waals surface area contributed by atoms with Crippen molar-refractivity contribution >= 4 is 15.9 Å². The lowest BCUT2D eigenvalue weighted by Gasteiger charge is -2.21. The predicted molar refractivity (Wildman–Crippen MR) is 59.1 cm³/mol. The van der Waals surface area contributed by atoms with Crippen LogP contribution in [-0.4, -0.2) is 39.8 Å². The van der Waals surface area contributed by atoms with Gasteiger partial charge in [0.2, 0.25) is 15.9 Å². The molecular formula is C9H18N2O4S. The summed E-state index contributed by atoms with van der Waals surface area (Å²) in [4.78, 5) is 11.6. The molecule has 94 valence electrons. The van der Waals surface area contributed by atoms with Crippen LogP contribution in [0.5, 0.6) is 0 Å². The van der Waals surface area contributed by atoms with Crippen molar-refractivity contribution in [1.82, 2.24) is 5.32 Å². The Bertz CT molecular complexity index is 322. The van der Waals surface area contributed by atoms with Crippen molar-refractivity contribution in [3.05, 3.63) is 0 Å². The minimum absolute atomic E-state index is 0.0610. The molecule has 0 aromatic rings. The van der Waals surface area contributed by atoms with E-state index in [2.05, 4.69) is 5.32 Å². The van der Waals surface area contributed by atoms with E-state index in [1.54, 1.807) is 0 Å². The molecule has 0 aromatic carbocycles. The fourth-order valence-corrected chi connectivity index (χ4v) is 2.12. The summed E-state index contributed by atoms with van der Waals surface area (Å²) in [5.41, 5.74) is 0. The van der Waals surface area contributed by atoms with Crippen LogP contribution in [0.4, 0.5) is 0 Å². The molecule has 1 fully saturated rings. The second-order valence-corrected chi connectivity index (χ2v) is 5.66. The van der Waals surface area contributed by atoms with E-state index in [0.29, 0.717) is 19.6 Å². The molecule has 6 nitrogen and oxygen atoms in total. The Morgan fingerprint density at radius 3 is 2.81 bits per heavy atom. The summed E-state index contributed by atoms with van der Waals surface area (Å²) in [6.07, 6.45) is 2.08. The molecule has 0 aromatic heterocycles. The van der Waals surface area contributed by atoms with Crippen molar-refractivity contribution in [2.24, 2.45) is 11.1 Å². The minimum Gasteiger partial charge on any atom is -0.381 e. The molecule has 1 aliphatic rings. The average molecular weight is 250 g/mol. The Morgan fingerprint density at radius 2 is 2.25 bits per heavy atom. The van der Waals surface area contributed by atoms with E-state index in [4.69, 9.17) is 9.88 Å². The summed E-state index contributed by atoms with van der Waals surface area (Å²) in [6, 6.07) is 0. The van der Waals surface area contributed by atoms with Crippen LogP contribution in [0.15, 0.2) is 0 Å². The molecule has 0 spiro atoms. The zero-order valence-electron chi connectivity index (χ0n) is 9.15. The predicted octanol–water partition coefficient (Wildman–Crippen LogP) is -0.792. The highest BCUT2D eigenvalue weighted by atomic mass is 32.2. The Kier molecular flexibility index (Phi) is 5.17. The first kappa shape index (κ1) is 13.4. The lowest BCUT2D eigenvalue weighted by Crippen LogP contribution is -2.36. The molecule has 0 aliphatic carbocycles. The first-order valence-electron chi connectivity index (χ1n) is 5.35.